The third-order valence-corrected chi connectivity index (χ3v) is 1.93. The number of hydrogen-bond acceptors (Lipinski definition) is 1. The van der Waals surface area contributed by atoms with Gasteiger partial charge in [0.2, 0.25) is 0 Å². The highest BCUT2D eigenvalue weighted by molar-refractivity contribution is 6.57. The minimum atomic E-state index is -1.06. The molecule has 54 valence electrons. The van der Waals surface area contributed by atoms with E-state index >= 15 is 0 Å². The molecule has 0 saturated heterocycles. The van der Waals surface area contributed by atoms with E-state index in [1.165, 1.54) is 0 Å². The molecule has 0 spiro atoms. The molecule has 1 unspecified atom stereocenters. The second-order valence-electron chi connectivity index (χ2n) is 1.32. The van der Waals surface area contributed by atoms with Crippen LogP contribution in [0.15, 0.2) is 0 Å². The van der Waals surface area contributed by atoms with Crippen LogP contribution in [-0.4, -0.2) is 21.9 Å². The summed E-state index contributed by atoms with van der Waals surface area (Å²) in [6.07, 6.45) is 0. The Bertz CT molecular complexity index is 103. The number of rotatable bonds is 3. The summed E-state index contributed by atoms with van der Waals surface area (Å²) in [6, 6.07) is 0. The first-order valence-corrected chi connectivity index (χ1v) is 3.96. The van der Waals surface area contributed by atoms with Crippen LogP contribution in [0.3, 0.4) is 0 Å². The highest BCUT2D eigenvalue weighted by Crippen LogP contribution is 2.11. The van der Waals surface area contributed by atoms with Crippen LogP contribution in [0.4, 0.5) is 0 Å². The minimum Gasteiger partial charge on any atom is -0.295 e. The number of ketones is 1. The molecule has 0 aromatic carbocycles. The van der Waals surface area contributed by atoms with Crippen LogP contribution in [0.2, 0.25) is 0 Å². The second kappa shape index (κ2) is 4.62. The van der Waals surface area contributed by atoms with Crippen LogP contribution in [-0.2, 0) is 4.79 Å². The van der Waals surface area contributed by atoms with Gasteiger partial charge < -0.3 is 0 Å². The van der Waals surface area contributed by atoms with Crippen LogP contribution >= 0.6 is 46.4 Å². The molecule has 1 atom stereocenters. The summed E-state index contributed by atoms with van der Waals surface area (Å²) >= 11 is 20.9. The predicted octanol–water partition coefficient (Wildman–Crippen LogP) is 2.21. The first-order chi connectivity index (χ1) is 4.09. The maximum atomic E-state index is 10.6. The highest BCUT2D eigenvalue weighted by atomic mass is 35.5. The number of Topliss-reactive ketones (excluding diaryl/α,β-unsaturated/α-hetero) is 1. The van der Waals surface area contributed by atoms with Crippen LogP contribution in [0, 0.1) is 0 Å². The van der Waals surface area contributed by atoms with Crippen molar-refractivity contribution < 1.29 is 4.79 Å². The van der Waals surface area contributed by atoms with Crippen molar-refractivity contribution >= 4 is 52.2 Å². The molecule has 1 nitrogen and oxygen atoms in total. The maximum Gasteiger partial charge on any atom is 0.184 e. The average Bonchev–Trinajstić information content (AvgIpc) is 1.84. The van der Waals surface area contributed by atoms with Gasteiger partial charge in [0, 0.05) is 5.88 Å². The van der Waals surface area contributed by atoms with Crippen LogP contribution in [0.1, 0.15) is 0 Å². The molecule has 0 N–H and O–H groups in total. The van der Waals surface area contributed by atoms with Crippen molar-refractivity contribution in [2.45, 2.75) is 10.2 Å². The summed E-state index contributed by atoms with van der Waals surface area (Å²) < 4.78 is 0. The lowest BCUT2D eigenvalue weighted by Gasteiger charge is -2.02. The SMILES string of the molecule is O=C(C(Cl)Cl)C(Cl)CCl. The van der Waals surface area contributed by atoms with Crippen LogP contribution < -0.4 is 0 Å². The summed E-state index contributed by atoms with van der Waals surface area (Å²) in [5.41, 5.74) is 0. The van der Waals surface area contributed by atoms with Gasteiger partial charge in [-0.25, -0.2) is 0 Å². The topological polar surface area (TPSA) is 17.1 Å². The third-order valence-electron chi connectivity index (χ3n) is 0.659. The lowest BCUT2D eigenvalue weighted by molar-refractivity contribution is -0.116. The summed E-state index contributed by atoms with van der Waals surface area (Å²) in [6.45, 7) is 0. The van der Waals surface area contributed by atoms with Gasteiger partial charge in [-0.05, 0) is 0 Å². The fraction of sp³-hybridized carbons (Fsp3) is 0.750. The standard InChI is InChI=1S/C4H4Cl4O/c5-1-2(6)3(9)4(7)8/h2,4H,1H2. The number of hydrogen-bond donors (Lipinski definition) is 0. The van der Waals surface area contributed by atoms with Gasteiger partial charge >= 0.3 is 0 Å². The Morgan fingerprint density at radius 1 is 1.33 bits per heavy atom. The Morgan fingerprint density at radius 2 is 1.78 bits per heavy atom. The van der Waals surface area contributed by atoms with E-state index in [4.69, 9.17) is 46.4 Å². The van der Waals surface area contributed by atoms with E-state index in [2.05, 4.69) is 0 Å². The summed E-state index contributed by atoms with van der Waals surface area (Å²) in [7, 11) is 0. The van der Waals surface area contributed by atoms with Gasteiger partial charge in [-0.3, -0.25) is 4.79 Å². The molecule has 0 heterocycles. The zero-order valence-corrected chi connectivity index (χ0v) is 7.31. The largest absolute Gasteiger partial charge is 0.295 e. The molecule has 0 aliphatic carbocycles. The van der Waals surface area contributed by atoms with Crippen molar-refractivity contribution in [3.05, 3.63) is 0 Å². The molecule has 9 heavy (non-hydrogen) atoms. The van der Waals surface area contributed by atoms with Crippen molar-refractivity contribution in [1.82, 2.24) is 0 Å². The number of carbonyl (C=O) groups is 1. The first kappa shape index (κ1) is 9.83. The van der Waals surface area contributed by atoms with Crippen molar-refractivity contribution in [1.29, 1.82) is 0 Å². The molecule has 0 amide bonds. The zero-order valence-electron chi connectivity index (χ0n) is 4.28. The summed E-state index contributed by atoms with van der Waals surface area (Å²) in [5, 5.41) is -0.772. The Kier molecular flexibility index (Phi) is 5.04. The highest BCUT2D eigenvalue weighted by Gasteiger charge is 2.20. The molecule has 0 aromatic heterocycles. The molecule has 5 heteroatoms. The van der Waals surface area contributed by atoms with Gasteiger partial charge in [0.05, 0.1) is 0 Å². The number of halogens is 4. The van der Waals surface area contributed by atoms with E-state index in [0.717, 1.165) is 0 Å². The van der Waals surface area contributed by atoms with E-state index in [0.29, 0.717) is 0 Å². The van der Waals surface area contributed by atoms with Gasteiger partial charge in [0.1, 0.15) is 5.38 Å². The average molecular weight is 210 g/mol. The molecule has 0 bridgehead atoms. The fourth-order valence-electron chi connectivity index (χ4n) is 0.213. The minimum absolute atomic E-state index is 0.0380. The van der Waals surface area contributed by atoms with E-state index in [1.54, 1.807) is 0 Å². The Morgan fingerprint density at radius 3 is 1.89 bits per heavy atom. The fourth-order valence-corrected chi connectivity index (χ4v) is 0.924. The van der Waals surface area contributed by atoms with E-state index in [-0.39, 0.29) is 5.88 Å². The first-order valence-electron chi connectivity index (χ1n) is 2.11. The lowest BCUT2D eigenvalue weighted by atomic mass is 10.3. The van der Waals surface area contributed by atoms with Crippen molar-refractivity contribution in [3.63, 3.8) is 0 Å². The molecular formula is C4H4Cl4O. The van der Waals surface area contributed by atoms with E-state index < -0.39 is 16.0 Å². The van der Waals surface area contributed by atoms with Crippen LogP contribution in [0.5, 0.6) is 0 Å². The van der Waals surface area contributed by atoms with E-state index in [1.807, 2.05) is 0 Å². The van der Waals surface area contributed by atoms with Crippen LogP contribution in [0.25, 0.3) is 0 Å². The third kappa shape index (κ3) is 3.51. The Labute approximate surface area is 73.2 Å². The lowest BCUT2D eigenvalue weighted by Crippen LogP contribution is -2.21. The maximum absolute atomic E-state index is 10.6. The Balaban J connectivity index is 3.73. The Hall–Kier alpha value is 0.830. The van der Waals surface area contributed by atoms with Gasteiger partial charge in [-0.1, -0.05) is 23.2 Å². The molecule has 0 fully saturated rings. The molecule has 0 aromatic rings. The molecule has 0 radical (unpaired) electrons. The monoisotopic (exact) mass is 208 g/mol. The van der Waals surface area contributed by atoms with Gasteiger partial charge in [-0.15, -0.1) is 23.2 Å². The van der Waals surface area contributed by atoms with Crippen molar-refractivity contribution in [2.75, 3.05) is 5.88 Å². The zero-order chi connectivity index (χ0) is 7.44. The number of alkyl halides is 4. The number of carbonyl (C=O) groups excluding carboxylic acids is 1. The molecule has 0 aliphatic rings. The molecular weight excluding hydrogens is 206 g/mol. The normalized spacial score (nSPS) is 13.9. The molecule has 0 saturated carbocycles. The van der Waals surface area contributed by atoms with Gasteiger partial charge in [-0.2, -0.15) is 0 Å². The second-order valence-corrected chi connectivity index (χ2v) is 3.26. The predicted molar refractivity (Wildman–Crippen MR) is 40.9 cm³/mol. The summed E-state index contributed by atoms with van der Waals surface area (Å²) in [5.74, 6) is -0.411. The molecule has 0 aliphatic heterocycles. The van der Waals surface area contributed by atoms with Crippen molar-refractivity contribution in [2.24, 2.45) is 0 Å². The molecule has 0 rings (SSSR count). The van der Waals surface area contributed by atoms with E-state index in [9.17, 15) is 4.79 Å². The smallest absolute Gasteiger partial charge is 0.184 e. The van der Waals surface area contributed by atoms with Gasteiger partial charge in [0.25, 0.3) is 0 Å². The quantitative estimate of drug-likeness (QED) is 0.652. The van der Waals surface area contributed by atoms with Crippen molar-refractivity contribution in [3.8, 4) is 0 Å². The summed E-state index contributed by atoms with van der Waals surface area (Å²) in [4.78, 5) is 9.53. The van der Waals surface area contributed by atoms with Gasteiger partial charge in [0.15, 0.2) is 10.6 Å².